The van der Waals surface area contributed by atoms with Crippen LogP contribution in [0, 0.1) is 0 Å². The molecule has 7 heteroatoms. The van der Waals surface area contributed by atoms with Crippen LogP contribution in [0.1, 0.15) is 37.2 Å². The summed E-state index contributed by atoms with van der Waals surface area (Å²) in [7, 11) is 4.73. The van der Waals surface area contributed by atoms with Crippen molar-refractivity contribution in [1.82, 2.24) is 9.55 Å². The molecule has 4 aromatic rings. The summed E-state index contributed by atoms with van der Waals surface area (Å²) in [6, 6.07) is 13.7. The van der Waals surface area contributed by atoms with E-state index in [2.05, 4.69) is 23.6 Å². The summed E-state index contributed by atoms with van der Waals surface area (Å²) in [6.07, 6.45) is 2.06. The number of unbranched alkanes of at least 4 members (excludes halogenated alkanes) is 1. The molecule has 2 aromatic carbocycles. The summed E-state index contributed by atoms with van der Waals surface area (Å²) in [5, 5.41) is 2.00. The highest BCUT2D eigenvalue weighted by Crippen LogP contribution is 2.46. The fraction of sp³-hybridized carbons (Fsp3) is 0.333. The lowest BCUT2D eigenvalue weighted by atomic mass is 10.0. The molecule has 178 valence electrons. The highest BCUT2D eigenvalue weighted by atomic mass is 16.5. The Morgan fingerprint density at radius 3 is 2.38 bits per heavy atom. The van der Waals surface area contributed by atoms with Gasteiger partial charge < -0.3 is 23.5 Å². The minimum atomic E-state index is -0.463. The zero-order valence-electron chi connectivity index (χ0n) is 20.3. The van der Waals surface area contributed by atoms with Gasteiger partial charge in [0.1, 0.15) is 5.69 Å². The fourth-order valence-corrected chi connectivity index (χ4v) is 4.41. The van der Waals surface area contributed by atoms with E-state index in [1.54, 1.807) is 28.3 Å². The monoisotopic (exact) mass is 462 g/mol. The van der Waals surface area contributed by atoms with Gasteiger partial charge in [0.05, 0.1) is 39.1 Å². The Kier molecular flexibility index (Phi) is 6.91. The Hall–Kier alpha value is -3.74. The maximum atomic E-state index is 12.8. The molecule has 0 unspecified atom stereocenters. The molecule has 0 radical (unpaired) electrons. The molecule has 0 aliphatic rings. The van der Waals surface area contributed by atoms with Gasteiger partial charge in [-0.05, 0) is 37.6 Å². The smallest absolute Gasteiger partial charge is 0.356 e. The Bertz CT molecular complexity index is 1340. The maximum absolute atomic E-state index is 12.8. The van der Waals surface area contributed by atoms with Crippen LogP contribution >= 0.6 is 0 Å². The number of para-hydroxylation sites is 1. The van der Waals surface area contributed by atoms with Crippen molar-refractivity contribution in [2.24, 2.45) is 0 Å². The predicted octanol–water partition coefficient (Wildman–Crippen LogP) is 5.86. The molecule has 7 nitrogen and oxygen atoms in total. The lowest BCUT2D eigenvalue weighted by Crippen LogP contribution is -2.09. The number of benzene rings is 2. The summed E-state index contributed by atoms with van der Waals surface area (Å²) in [5.41, 5.74) is 3.62. The number of pyridine rings is 1. The van der Waals surface area contributed by atoms with Gasteiger partial charge >= 0.3 is 5.97 Å². The van der Waals surface area contributed by atoms with Gasteiger partial charge in [-0.1, -0.05) is 31.5 Å². The van der Waals surface area contributed by atoms with Crippen molar-refractivity contribution in [1.29, 1.82) is 0 Å². The van der Waals surface area contributed by atoms with Crippen molar-refractivity contribution in [3.05, 3.63) is 48.2 Å². The number of aryl methyl sites for hydroxylation is 1. The van der Waals surface area contributed by atoms with Gasteiger partial charge in [0.25, 0.3) is 0 Å². The van der Waals surface area contributed by atoms with Crippen molar-refractivity contribution in [3.63, 3.8) is 0 Å². The van der Waals surface area contributed by atoms with E-state index in [4.69, 9.17) is 23.9 Å². The van der Waals surface area contributed by atoms with E-state index in [1.807, 2.05) is 30.3 Å². The molecule has 0 aliphatic heterocycles. The van der Waals surface area contributed by atoms with Crippen LogP contribution in [0.4, 0.5) is 0 Å². The van der Waals surface area contributed by atoms with Crippen LogP contribution in [-0.4, -0.2) is 43.5 Å². The summed E-state index contributed by atoms with van der Waals surface area (Å²) in [4.78, 5) is 17.6. The first-order valence-electron chi connectivity index (χ1n) is 11.5. The third kappa shape index (κ3) is 3.91. The largest absolute Gasteiger partial charge is 0.493 e. The molecular formula is C27H30N2O5. The normalized spacial score (nSPS) is 11.1. The summed E-state index contributed by atoms with van der Waals surface area (Å²) in [6.45, 7) is 5.05. The second-order valence-corrected chi connectivity index (χ2v) is 7.88. The van der Waals surface area contributed by atoms with Gasteiger partial charge in [-0.3, -0.25) is 0 Å². The number of esters is 1. The van der Waals surface area contributed by atoms with Crippen LogP contribution in [0.25, 0.3) is 33.1 Å². The van der Waals surface area contributed by atoms with Crippen LogP contribution in [0.3, 0.4) is 0 Å². The highest BCUT2D eigenvalue weighted by Gasteiger charge is 2.25. The first kappa shape index (κ1) is 23.4. The third-order valence-corrected chi connectivity index (χ3v) is 5.93. The number of carbonyl (C=O) groups excluding carboxylic acids is 1. The van der Waals surface area contributed by atoms with Gasteiger partial charge in [-0.2, -0.15) is 0 Å². The van der Waals surface area contributed by atoms with Gasteiger partial charge in [-0.15, -0.1) is 0 Å². The zero-order valence-corrected chi connectivity index (χ0v) is 20.3. The number of ether oxygens (including phenoxy) is 4. The second kappa shape index (κ2) is 10.0. The van der Waals surface area contributed by atoms with Crippen LogP contribution in [0.5, 0.6) is 17.2 Å². The molecule has 2 aromatic heterocycles. The predicted molar refractivity (Wildman–Crippen MR) is 133 cm³/mol. The zero-order chi connectivity index (χ0) is 24.2. The standard InChI is InChI=1S/C27H30N2O5/c1-6-8-15-29-21-12-10-9-11-17(21)19-16-20(27(30)34-7-2)28-23(24(19)29)18-13-14-22(31-3)26(33-5)25(18)32-4/h9-14,16H,6-8,15H2,1-5H3. The number of rotatable bonds is 9. The molecule has 0 amide bonds. The fourth-order valence-electron chi connectivity index (χ4n) is 4.41. The Balaban J connectivity index is 2.15. The van der Waals surface area contributed by atoms with Crippen molar-refractivity contribution in [2.75, 3.05) is 27.9 Å². The van der Waals surface area contributed by atoms with Gasteiger partial charge in [0.15, 0.2) is 11.5 Å². The van der Waals surface area contributed by atoms with Crippen molar-refractivity contribution < 1.29 is 23.7 Å². The van der Waals surface area contributed by atoms with E-state index < -0.39 is 5.97 Å². The van der Waals surface area contributed by atoms with Crippen molar-refractivity contribution >= 4 is 27.8 Å². The Labute approximate surface area is 199 Å². The topological polar surface area (TPSA) is 71.8 Å². The minimum Gasteiger partial charge on any atom is -0.493 e. The van der Waals surface area contributed by atoms with E-state index >= 15 is 0 Å². The van der Waals surface area contributed by atoms with E-state index in [-0.39, 0.29) is 12.3 Å². The average Bonchev–Trinajstić information content (AvgIpc) is 3.19. The first-order valence-corrected chi connectivity index (χ1v) is 11.5. The molecule has 0 saturated heterocycles. The summed E-state index contributed by atoms with van der Waals surface area (Å²) >= 11 is 0. The van der Waals surface area contributed by atoms with Crippen molar-refractivity contribution in [2.45, 2.75) is 33.2 Å². The summed E-state index contributed by atoms with van der Waals surface area (Å²) in [5.74, 6) is 1.04. The SMILES string of the molecule is CCCCn1c2ccccc2c2cc(C(=O)OCC)nc(-c3ccc(OC)c(OC)c3OC)c21. The van der Waals surface area contributed by atoms with E-state index in [0.29, 0.717) is 28.5 Å². The Morgan fingerprint density at radius 2 is 1.71 bits per heavy atom. The molecule has 0 aliphatic carbocycles. The minimum absolute atomic E-state index is 0.250. The molecule has 0 spiro atoms. The lowest BCUT2D eigenvalue weighted by molar-refractivity contribution is 0.0520. The molecule has 0 fully saturated rings. The van der Waals surface area contributed by atoms with E-state index in [1.165, 1.54) is 0 Å². The molecule has 4 rings (SSSR count). The molecular weight excluding hydrogens is 432 g/mol. The Morgan fingerprint density at radius 1 is 0.941 bits per heavy atom. The number of fused-ring (bicyclic) bond motifs is 3. The van der Waals surface area contributed by atoms with Crippen molar-refractivity contribution in [3.8, 4) is 28.5 Å². The first-order chi connectivity index (χ1) is 16.6. The lowest BCUT2D eigenvalue weighted by Gasteiger charge is -2.17. The van der Waals surface area contributed by atoms with Crippen LogP contribution in [0.2, 0.25) is 0 Å². The number of hydrogen-bond donors (Lipinski definition) is 0. The van der Waals surface area contributed by atoms with Gasteiger partial charge in [0, 0.05) is 28.4 Å². The van der Waals surface area contributed by atoms with E-state index in [9.17, 15) is 4.79 Å². The number of hydrogen-bond acceptors (Lipinski definition) is 6. The van der Waals surface area contributed by atoms with E-state index in [0.717, 1.165) is 41.2 Å². The third-order valence-electron chi connectivity index (χ3n) is 5.93. The second-order valence-electron chi connectivity index (χ2n) is 7.88. The van der Waals surface area contributed by atoms with Gasteiger partial charge in [0.2, 0.25) is 5.75 Å². The molecule has 0 N–H and O–H groups in total. The molecule has 0 saturated carbocycles. The number of nitrogens with zero attached hydrogens (tertiary/aromatic N) is 2. The highest BCUT2D eigenvalue weighted by molar-refractivity contribution is 6.14. The number of methoxy groups -OCH3 is 3. The van der Waals surface area contributed by atoms with Gasteiger partial charge in [-0.25, -0.2) is 9.78 Å². The average molecular weight is 463 g/mol. The molecule has 2 heterocycles. The van der Waals surface area contributed by atoms with Crippen LogP contribution in [-0.2, 0) is 11.3 Å². The number of aromatic nitrogens is 2. The van der Waals surface area contributed by atoms with Crippen LogP contribution < -0.4 is 14.2 Å². The van der Waals surface area contributed by atoms with Crippen LogP contribution in [0.15, 0.2) is 42.5 Å². The maximum Gasteiger partial charge on any atom is 0.356 e. The number of carbonyl (C=O) groups is 1. The quantitative estimate of drug-likeness (QED) is 0.290. The molecule has 0 atom stereocenters. The molecule has 0 bridgehead atoms. The molecule has 34 heavy (non-hydrogen) atoms. The summed E-state index contributed by atoms with van der Waals surface area (Å²) < 4.78 is 24.5.